The number of anilines is 1. The molecule has 0 amide bonds. The number of H-pyrrole nitrogens is 2. The van der Waals surface area contributed by atoms with E-state index in [9.17, 15) is 9.50 Å². The third-order valence-corrected chi connectivity index (χ3v) is 5.16. The molecular formula is C20H22FN7O. The molecule has 3 aromatic rings. The largest absolute Gasteiger partial charge is 0.375 e. The minimum Gasteiger partial charge on any atom is -0.375 e. The number of nitrogens with one attached hydrogen (secondary N) is 3. The lowest BCUT2D eigenvalue weighted by Crippen LogP contribution is -2.55. The van der Waals surface area contributed by atoms with Gasteiger partial charge in [0, 0.05) is 25.0 Å². The zero-order valence-electron chi connectivity index (χ0n) is 15.9. The first-order chi connectivity index (χ1) is 14.1. The summed E-state index contributed by atoms with van der Waals surface area (Å²) in [5, 5.41) is 20.7. The van der Waals surface area contributed by atoms with Crippen molar-refractivity contribution in [2.45, 2.75) is 37.8 Å². The van der Waals surface area contributed by atoms with Crippen LogP contribution in [0.5, 0.6) is 0 Å². The van der Waals surface area contributed by atoms with Gasteiger partial charge in [-0.2, -0.15) is 5.10 Å². The van der Waals surface area contributed by atoms with Crippen LogP contribution >= 0.6 is 0 Å². The Morgan fingerprint density at radius 3 is 3.03 bits per heavy atom. The number of hydrogen-bond donors (Lipinski definition) is 4. The molecule has 9 heteroatoms. The van der Waals surface area contributed by atoms with Crippen molar-refractivity contribution < 1.29 is 9.50 Å². The lowest BCUT2D eigenvalue weighted by molar-refractivity contribution is -0.0252. The van der Waals surface area contributed by atoms with E-state index in [1.165, 1.54) is 12.4 Å². The van der Waals surface area contributed by atoms with Gasteiger partial charge in [0.15, 0.2) is 0 Å². The average molecular weight is 395 g/mol. The lowest BCUT2D eigenvalue weighted by Gasteiger charge is -2.41. The molecule has 0 radical (unpaired) electrons. The maximum Gasteiger partial charge on any atom is 0.144 e. The number of aromatic amines is 2. The average Bonchev–Trinajstić information content (AvgIpc) is 3.38. The van der Waals surface area contributed by atoms with Gasteiger partial charge < -0.3 is 15.4 Å². The zero-order chi connectivity index (χ0) is 20.4. The normalized spacial score (nSPS) is 23.3. The first kappa shape index (κ1) is 19.1. The number of aliphatic hydroxyl groups is 1. The van der Waals surface area contributed by atoms with Gasteiger partial charge >= 0.3 is 0 Å². The van der Waals surface area contributed by atoms with E-state index in [2.05, 4.69) is 48.9 Å². The van der Waals surface area contributed by atoms with Gasteiger partial charge in [-0.15, -0.1) is 0 Å². The molecule has 4 atom stereocenters. The number of fused-ring (bicyclic) bond motifs is 1. The summed E-state index contributed by atoms with van der Waals surface area (Å²) in [7, 11) is 0. The Balaban J connectivity index is 1.64. The maximum absolute atomic E-state index is 14.8. The fraction of sp³-hybridized carbons (Fsp3) is 0.350. The number of likely N-dealkylation sites (tertiary alicyclic amines) is 1. The van der Waals surface area contributed by atoms with Crippen LogP contribution in [0.4, 0.5) is 10.2 Å². The Labute approximate surface area is 167 Å². The minimum atomic E-state index is -1.08. The standard InChI is InChI=1S/C20H22FN7O/c1-3-17(29)28-10-16(15(21)6-12(28)2)27-20-18-14(5-4-13-7-25-26-8-13)9-22-19(18)23-11-24-20/h3,7-9,11-12,15-17,29H,1,6,10H2,2H3,(H,25,26)(H2,22,23,24,27)/t12-,15-,16-,17?/m0/s1. The molecule has 0 spiro atoms. The molecule has 4 N–H and O–H groups in total. The van der Waals surface area contributed by atoms with Gasteiger partial charge in [-0.05, 0) is 19.4 Å². The van der Waals surface area contributed by atoms with Crippen LogP contribution in [0.25, 0.3) is 11.0 Å². The van der Waals surface area contributed by atoms with Crippen LogP contribution in [0.15, 0.2) is 37.6 Å². The lowest BCUT2D eigenvalue weighted by atomic mass is 9.96. The highest BCUT2D eigenvalue weighted by Gasteiger charge is 2.36. The van der Waals surface area contributed by atoms with E-state index >= 15 is 0 Å². The van der Waals surface area contributed by atoms with E-state index in [0.717, 1.165) is 5.56 Å². The fourth-order valence-corrected chi connectivity index (χ4v) is 3.59. The summed E-state index contributed by atoms with van der Waals surface area (Å²) in [6.45, 7) is 5.85. The second-order valence-electron chi connectivity index (χ2n) is 7.08. The van der Waals surface area contributed by atoms with Gasteiger partial charge in [0.05, 0.1) is 28.8 Å². The molecule has 1 fully saturated rings. The summed E-state index contributed by atoms with van der Waals surface area (Å²) in [4.78, 5) is 13.5. The molecule has 0 saturated carbocycles. The molecular weight excluding hydrogens is 373 g/mol. The number of halogens is 1. The molecule has 0 bridgehead atoms. The van der Waals surface area contributed by atoms with Crippen molar-refractivity contribution >= 4 is 16.9 Å². The van der Waals surface area contributed by atoms with Crippen LogP contribution in [0.2, 0.25) is 0 Å². The molecule has 0 aromatic carbocycles. The van der Waals surface area contributed by atoms with Crippen LogP contribution in [0.1, 0.15) is 24.5 Å². The van der Waals surface area contributed by atoms with Crippen LogP contribution in [-0.2, 0) is 0 Å². The van der Waals surface area contributed by atoms with Gasteiger partial charge in [-0.3, -0.25) is 10.00 Å². The SMILES string of the molecule is C=CC(O)N1C[C@H](Nc2ncnc3[nH]cc(C#Cc4cn[nH]c4)c23)[C@@H](F)C[C@@H]1C. The Hall–Kier alpha value is -3.22. The minimum absolute atomic E-state index is 0.0925. The Morgan fingerprint density at radius 1 is 1.41 bits per heavy atom. The summed E-state index contributed by atoms with van der Waals surface area (Å²) in [5.74, 6) is 6.61. The third-order valence-electron chi connectivity index (χ3n) is 5.16. The topological polar surface area (TPSA) is 106 Å². The van der Waals surface area contributed by atoms with Crippen molar-refractivity contribution in [2.75, 3.05) is 11.9 Å². The quantitative estimate of drug-likeness (QED) is 0.397. The maximum atomic E-state index is 14.8. The summed E-state index contributed by atoms with van der Waals surface area (Å²) in [6, 6.07) is -0.631. The third kappa shape index (κ3) is 3.85. The summed E-state index contributed by atoms with van der Waals surface area (Å²) in [5.41, 5.74) is 2.07. The molecule has 0 aliphatic carbocycles. The Morgan fingerprint density at radius 2 is 2.28 bits per heavy atom. The molecule has 8 nitrogen and oxygen atoms in total. The number of aromatic nitrogens is 5. The summed E-state index contributed by atoms with van der Waals surface area (Å²) < 4.78 is 14.8. The van der Waals surface area contributed by atoms with Gasteiger partial charge in [0.2, 0.25) is 0 Å². The van der Waals surface area contributed by atoms with Gasteiger partial charge in [0.25, 0.3) is 0 Å². The monoisotopic (exact) mass is 395 g/mol. The van der Waals surface area contributed by atoms with E-state index in [0.29, 0.717) is 35.4 Å². The Bertz CT molecular complexity index is 1050. The van der Waals surface area contributed by atoms with Gasteiger partial charge in [0.1, 0.15) is 30.2 Å². The fourth-order valence-electron chi connectivity index (χ4n) is 3.59. The van der Waals surface area contributed by atoms with Crippen LogP contribution < -0.4 is 5.32 Å². The molecule has 1 aliphatic heterocycles. The van der Waals surface area contributed by atoms with E-state index in [4.69, 9.17) is 0 Å². The van der Waals surface area contributed by atoms with Gasteiger partial charge in [-0.25, -0.2) is 14.4 Å². The van der Waals surface area contributed by atoms with Crippen molar-refractivity contribution in [2.24, 2.45) is 0 Å². The molecule has 1 aliphatic rings. The van der Waals surface area contributed by atoms with E-state index in [1.807, 2.05) is 11.8 Å². The van der Waals surface area contributed by atoms with Gasteiger partial charge in [-0.1, -0.05) is 18.4 Å². The molecule has 150 valence electrons. The van der Waals surface area contributed by atoms with Crippen molar-refractivity contribution in [3.05, 3.63) is 48.7 Å². The number of rotatable bonds is 4. The van der Waals surface area contributed by atoms with Crippen molar-refractivity contribution in [3.63, 3.8) is 0 Å². The molecule has 1 saturated heterocycles. The predicted octanol–water partition coefficient (Wildman–Crippen LogP) is 1.80. The smallest absolute Gasteiger partial charge is 0.144 e. The number of alkyl halides is 1. The molecule has 4 rings (SSSR count). The first-order valence-corrected chi connectivity index (χ1v) is 9.36. The number of nitrogens with zero attached hydrogens (tertiary/aromatic N) is 4. The highest BCUT2D eigenvalue weighted by Crippen LogP contribution is 2.28. The first-order valence-electron chi connectivity index (χ1n) is 9.36. The van der Waals surface area contributed by atoms with E-state index < -0.39 is 18.4 Å². The number of hydrogen-bond acceptors (Lipinski definition) is 6. The highest BCUT2D eigenvalue weighted by molar-refractivity contribution is 5.93. The second-order valence-corrected chi connectivity index (χ2v) is 7.08. The summed E-state index contributed by atoms with van der Waals surface area (Å²) in [6.07, 6.45) is 6.35. The van der Waals surface area contributed by atoms with Crippen LogP contribution in [-0.4, -0.2) is 66.2 Å². The number of piperidine rings is 1. The van der Waals surface area contributed by atoms with Crippen molar-refractivity contribution in [1.82, 2.24) is 30.0 Å². The molecule has 29 heavy (non-hydrogen) atoms. The van der Waals surface area contributed by atoms with E-state index in [-0.39, 0.29) is 6.04 Å². The van der Waals surface area contributed by atoms with Crippen LogP contribution in [0, 0.1) is 11.8 Å². The van der Waals surface area contributed by atoms with Crippen molar-refractivity contribution in [1.29, 1.82) is 0 Å². The van der Waals surface area contributed by atoms with Crippen molar-refractivity contribution in [3.8, 4) is 11.8 Å². The molecule has 3 aromatic heterocycles. The Kier molecular flexibility index (Phi) is 5.29. The highest BCUT2D eigenvalue weighted by atomic mass is 19.1. The van der Waals surface area contributed by atoms with Crippen LogP contribution in [0.3, 0.4) is 0 Å². The predicted molar refractivity (Wildman–Crippen MR) is 108 cm³/mol. The molecule has 1 unspecified atom stereocenters. The summed E-state index contributed by atoms with van der Waals surface area (Å²) >= 11 is 0. The molecule has 4 heterocycles. The number of aliphatic hydroxyl groups excluding tert-OH is 1. The second kappa shape index (κ2) is 8.03. The zero-order valence-corrected chi connectivity index (χ0v) is 15.9. The van der Waals surface area contributed by atoms with E-state index in [1.54, 1.807) is 18.6 Å².